The highest BCUT2D eigenvalue weighted by molar-refractivity contribution is 5.77. The number of rotatable bonds is 7. The van der Waals surface area contributed by atoms with Gasteiger partial charge in [-0.3, -0.25) is 4.79 Å². The fourth-order valence-corrected chi connectivity index (χ4v) is 4.18. The van der Waals surface area contributed by atoms with Crippen LogP contribution in [-0.2, 0) is 35.6 Å². The molecule has 0 saturated carbocycles. The molecule has 0 bridgehead atoms. The van der Waals surface area contributed by atoms with E-state index in [1.807, 2.05) is 65.7 Å². The lowest BCUT2D eigenvalue weighted by Crippen LogP contribution is -2.37. The van der Waals surface area contributed by atoms with Gasteiger partial charge in [-0.05, 0) is 29.7 Å². The molecule has 7 heteroatoms. The lowest BCUT2D eigenvalue weighted by molar-refractivity contribution is -0.131. The Labute approximate surface area is 194 Å². The molecular weight excluding hydrogens is 416 g/mol. The highest BCUT2D eigenvalue weighted by Crippen LogP contribution is 2.24. The Bertz CT molecular complexity index is 1100. The topological polar surface area (TPSA) is 67.8 Å². The SMILES string of the molecule is O=C(CCc1cccc(OCc2ccccc2)c1)N1Cc2cnc(N3CCOCC3)nc2C1. The molecule has 1 saturated heterocycles. The molecule has 1 amide bonds. The lowest BCUT2D eigenvalue weighted by Gasteiger charge is -2.26. The summed E-state index contributed by atoms with van der Waals surface area (Å²) in [5.41, 5.74) is 4.22. The van der Waals surface area contributed by atoms with Crippen LogP contribution in [0.1, 0.15) is 28.8 Å². The Balaban J connectivity index is 1.14. The molecule has 0 unspecified atom stereocenters. The van der Waals surface area contributed by atoms with Crippen LogP contribution in [0.3, 0.4) is 0 Å². The fraction of sp³-hybridized carbons (Fsp3) is 0.346. The number of hydrogen-bond acceptors (Lipinski definition) is 6. The van der Waals surface area contributed by atoms with E-state index < -0.39 is 0 Å². The van der Waals surface area contributed by atoms with Crippen molar-refractivity contribution in [2.45, 2.75) is 32.5 Å². The summed E-state index contributed by atoms with van der Waals surface area (Å²) >= 11 is 0. The fourth-order valence-electron chi connectivity index (χ4n) is 4.18. The van der Waals surface area contributed by atoms with Crippen molar-refractivity contribution in [3.05, 3.63) is 83.2 Å². The second kappa shape index (κ2) is 10.0. The van der Waals surface area contributed by atoms with Gasteiger partial charge in [-0.2, -0.15) is 0 Å². The Kier molecular flexibility index (Phi) is 6.48. The number of anilines is 1. The molecule has 1 fully saturated rings. The largest absolute Gasteiger partial charge is 0.489 e. The van der Waals surface area contributed by atoms with E-state index in [0.717, 1.165) is 47.2 Å². The summed E-state index contributed by atoms with van der Waals surface area (Å²) in [5, 5.41) is 0. The van der Waals surface area contributed by atoms with Gasteiger partial charge >= 0.3 is 0 Å². The molecule has 0 aliphatic carbocycles. The molecule has 33 heavy (non-hydrogen) atoms. The third-order valence-electron chi connectivity index (χ3n) is 6.06. The number of aryl methyl sites for hydroxylation is 1. The summed E-state index contributed by atoms with van der Waals surface area (Å²) in [4.78, 5) is 26.2. The van der Waals surface area contributed by atoms with Crippen molar-refractivity contribution in [2.75, 3.05) is 31.2 Å². The second-order valence-electron chi connectivity index (χ2n) is 8.41. The zero-order valence-electron chi connectivity index (χ0n) is 18.7. The first-order chi connectivity index (χ1) is 16.2. The lowest BCUT2D eigenvalue weighted by atomic mass is 10.1. The molecule has 2 aliphatic heterocycles. The highest BCUT2D eigenvalue weighted by Gasteiger charge is 2.26. The van der Waals surface area contributed by atoms with Crippen LogP contribution in [0.15, 0.2) is 60.8 Å². The minimum Gasteiger partial charge on any atom is -0.489 e. The zero-order valence-corrected chi connectivity index (χ0v) is 18.7. The van der Waals surface area contributed by atoms with Gasteiger partial charge in [0.2, 0.25) is 11.9 Å². The summed E-state index contributed by atoms with van der Waals surface area (Å²) in [6, 6.07) is 18.1. The maximum Gasteiger partial charge on any atom is 0.225 e. The van der Waals surface area contributed by atoms with Crippen LogP contribution in [-0.4, -0.2) is 47.1 Å². The number of nitrogens with zero attached hydrogens (tertiary/aromatic N) is 4. The monoisotopic (exact) mass is 444 g/mol. The molecule has 0 atom stereocenters. The first kappa shape index (κ1) is 21.4. The van der Waals surface area contributed by atoms with E-state index >= 15 is 0 Å². The standard InChI is InChI=1S/C26H28N4O3/c31-25(10-9-20-7-4-8-23(15-20)33-19-21-5-2-1-3-6-21)30-17-22-16-27-26(28-24(22)18-30)29-11-13-32-14-12-29/h1-8,15-16H,9-14,17-19H2. The van der Waals surface area contributed by atoms with E-state index in [0.29, 0.717) is 45.8 Å². The van der Waals surface area contributed by atoms with Crippen molar-refractivity contribution in [3.63, 3.8) is 0 Å². The van der Waals surface area contributed by atoms with Crippen LogP contribution < -0.4 is 9.64 Å². The Hall–Kier alpha value is -3.45. The maximum atomic E-state index is 12.9. The van der Waals surface area contributed by atoms with Crippen molar-refractivity contribution < 1.29 is 14.3 Å². The summed E-state index contributed by atoms with van der Waals surface area (Å²) in [6.07, 6.45) is 3.01. The van der Waals surface area contributed by atoms with Gasteiger partial charge in [0.15, 0.2) is 0 Å². The van der Waals surface area contributed by atoms with Gasteiger partial charge in [-0.25, -0.2) is 9.97 Å². The number of amides is 1. The first-order valence-electron chi connectivity index (χ1n) is 11.5. The molecule has 0 radical (unpaired) electrons. The van der Waals surface area contributed by atoms with Crippen LogP contribution in [0.5, 0.6) is 5.75 Å². The predicted molar refractivity (Wildman–Crippen MR) is 125 cm³/mol. The van der Waals surface area contributed by atoms with Gasteiger partial charge in [0.05, 0.1) is 25.5 Å². The van der Waals surface area contributed by atoms with Gasteiger partial charge in [0, 0.05) is 37.8 Å². The second-order valence-corrected chi connectivity index (χ2v) is 8.41. The predicted octanol–water partition coefficient (Wildman–Crippen LogP) is 3.37. The Morgan fingerprint density at radius 2 is 1.82 bits per heavy atom. The molecule has 2 aliphatic rings. The summed E-state index contributed by atoms with van der Waals surface area (Å²) in [7, 11) is 0. The molecule has 0 spiro atoms. The average molecular weight is 445 g/mol. The average Bonchev–Trinajstić information content (AvgIpc) is 3.31. The van der Waals surface area contributed by atoms with E-state index in [-0.39, 0.29) is 5.91 Å². The number of hydrogen-bond donors (Lipinski definition) is 0. The van der Waals surface area contributed by atoms with Crippen molar-refractivity contribution >= 4 is 11.9 Å². The third kappa shape index (κ3) is 5.31. The number of benzene rings is 2. The molecule has 3 aromatic rings. The Morgan fingerprint density at radius 1 is 1.00 bits per heavy atom. The number of ether oxygens (including phenoxy) is 2. The molecule has 1 aromatic heterocycles. The van der Waals surface area contributed by atoms with E-state index in [2.05, 4.69) is 9.88 Å². The molecule has 170 valence electrons. The number of carbonyl (C=O) groups is 1. The number of morpholine rings is 1. The van der Waals surface area contributed by atoms with Gasteiger partial charge in [0.1, 0.15) is 12.4 Å². The third-order valence-corrected chi connectivity index (χ3v) is 6.06. The van der Waals surface area contributed by atoms with Crippen LogP contribution in [0.2, 0.25) is 0 Å². The summed E-state index contributed by atoms with van der Waals surface area (Å²) < 4.78 is 11.3. The van der Waals surface area contributed by atoms with Gasteiger partial charge < -0.3 is 19.3 Å². The van der Waals surface area contributed by atoms with Crippen LogP contribution in [0, 0.1) is 0 Å². The van der Waals surface area contributed by atoms with E-state index in [4.69, 9.17) is 14.5 Å². The minimum atomic E-state index is 0.136. The quantitative estimate of drug-likeness (QED) is 0.557. The maximum absolute atomic E-state index is 12.9. The van der Waals surface area contributed by atoms with E-state index in [1.54, 1.807) is 0 Å². The molecule has 0 N–H and O–H groups in total. The molecule has 7 nitrogen and oxygen atoms in total. The van der Waals surface area contributed by atoms with Crippen LogP contribution >= 0.6 is 0 Å². The first-order valence-corrected chi connectivity index (χ1v) is 11.5. The van der Waals surface area contributed by atoms with E-state index in [1.165, 1.54) is 0 Å². The van der Waals surface area contributed by atoms with Crippen molar-refractivity contribution in [3.8, 4) is 5.75 Å². The van der Waals surface area contributed by atoms with Crippen molar-refractivity contribution in [1.82, 2.24) is 14.9 Å². The highest BCUT2D eigenvalue weighted by atomic mass is 16.5. The minimum absolute atomic E-state index is 0.136. The van der Waals surface area contributed by atoms with E-state index in [9.17, 15) is 4.79 Å². The molecule has 5 rings (SSSR count). The van der Waals surface area contributed by atoms with Gasteiger partial charge in [0.25, 0.3) is 0 Å². The molecule has 2 aromatic carbocycles. The number of fused-ring (bicyclic) bond motifs is 1. The number of aromatic nitrogens is 2. The van der Waals surface area contributed by atoms with Gasteiger partial charge in [-0.1, -0.05) is 42.5 Å². The Morgan fingerprint density at radius 3 is 2.67 bits per heavy atom. The normalized spacial score (nSPS) is 15.4. The zero-order chi connectivity index (χ0) is 22.5. The van der Waals surface area contributed by atoms with Crippen molar-refractivity contribution in [1.29, 1.82) is 0 Å². The molecule has 3 heterocycles. The number of carbonyl (C=O) groups excluding carboxylic acids is 1. The van der Waals surface area contributed by atoms with Crippen LogP contribution in [0.4, 0.5) is 5.95 Å². The summed E-state index contributed by atoms with van der Waals surface area (Å²) in [5.74, 6) is 1.69. The smallest absolute Gasteiger partial charge is 0.225 e. The molecular formula is C26H28N4O3. The summed E-state index contributed by atoms with van der Waals surface area (Å²) in [6.45, 7) is 4.66. The van der Waals surface area contributed by atoms with Crippen LogP contribution in [0.25, 0.3) is 0 Å². The van der Waals surface area contributed by atoms with Crippen molar-refractivity contribution in [2.24, 2.45) is 0 Å². The van der Waals surface area contributed by atoms with Gasteiger partial charge in [-0.15, -0.1) is 0 Å².